The third-order valence-electron chi connectivity index (χ3n) is 2.92. The van der Waals surface area contributed by atoms with Crippen LogP contribution in [-0.2, 0) is 6.42 Å². The van der Waals surface area contributed by atoms with E-state index in [2.05, 4.69) is 23.3 Å². The largest absolute Gasteiger partial charge is 0.505 e. The molecule has 0 spiro atoms. The number of fused-ring (bicyclic) bond motifs is 1. The second-order valence-electron chi connectivity index (χ2n) is 4.22. The molecule has 4 N–H and O–H groups in total. The van der Waals surface area contributed by atoms with Gasteiger partial charge in [-0.3, -0.25) is 10.2 Å². The first kappa shape index (κ1) is 11.7. The molecule has 0 amide bonds. The fourth-order valence-electron chi connectivity index (χ4n) is 2.07. The summed E-state index contributed by atoms with van der Waals surface area (Å²) in [6.07, 6.45) is 2.85. The molecule has 0 saturated heterocycles. The zero-order valence-electron chi connectivity index (χ0n) is 10.1. The lowest BCUT2D eigenvalue weighted by molar-refractivity contribution is 0.101. The number of unbranched alkanes of at least 4 members (excludes halogenated alkanes) is 1. The van der Waals surface area contributed by atoms with Gasteiger partial charge in [-0.25, -0.2) is 0 Å². The second-order valence-corrected chi connectivity index (χ2v) is 4.22. The van der Waals surface area contributed by atoms with Crippen LogP contribution in [-0.4, -0.2) is 10.9 Å². The molecule has 0 unspecified atom stereocenters. The number of aromatic hydroxyl groups is 1. The van der Waals surface area contributed by atoms with Crippen LogP contribution in [0.4, 0.5) is 11.4 Å². The van der Waals surface area contributed by atoms with Crippen molar-refractivity contribution in [2.24, 2.45) is 0 Å². The number of carbonyl (C=O) groups excluding carboxylic acids is 1. The smallest absolute Gasteiger partial charge is 0.163 e. The summed E-state index contributed by atoms with van der Waals surface area (Å²) in [7, 11) is 0. The first-order valence-corrected chi connectivity index (χ1v) is 5.82. The highest BCUT2D eigenvalue weighted by molar-refractivity contribution is 6.02. The van der Waals surface area contributed by atoms with Gasteiger partial charge in [0.2, 0.25) is 0 Å². The third kappa shape index (κ3) is 2.06. The number of hydrogen-bond donors (Lipinski definition) is 4. The standard InChI is InChI=1S/C12H17N3O2/c1-3-4-5-8-6-9-11(14-15-13-9)12(17)10(8)7(2)16/h6,13-15,17H,3-5H2,1-2H3. The first-order valence-electron chi connectivity index (χ1n) is 5.82. The zero-order chi connectivity index (χ0) is 12.4. The molecule has 1 aromatic carbocycles. The number of carbonyl (C=O) groups is 1. The number of phenolic OH excluding ortho intramolecular Hbond substituents is 1. The topological polar surface area (TPSA) is 73.4 Å². The summed E-state index contributed by atoms with van der Waals surface area (Å²) >= 11 is 0. The SMILES string of the molecule is CCCCc1cc2c(c(O)c1C(C)=O)NNN2. The van der Waals surface area contributed by atoms with E-state index in [-0.39, 0.29) is 11.5 Å². The van der Waals surface area contributed by atoms with Crippen molar-refractivity contribution in [3.8, 4) is 5.75 Å². The summed E-state index contributed by atoms with van der Waals surface area (Å²) in [5.74, 6) is -0.0799. The van der Waals surface area contributed by atoms with Gasteiger partial charge in [0.15, 0.2) is 11.5 Å². The highest BCUT2D eigenvalue weighted by Crippen LogP contribution is 2.39. The molecule has 0 bridgehead atoms. The Hall–Kier alpha value is -1.75. The zero-order valence-corrected chi connectivity index (χ0v) is 10.1. The Balaban J connectivity index is 2.49. The minimum absolute atomic E-state index is 0.0265. The van der Waals surface area contributed by atoms with Crippen LogP contribution in [0.15, 0.2) is 6.07 Å². The molecule has 0 aromatic heterocycles. The number of benzene rings is 1. The van der Waals surface area contributed by atoms with Gasteiger partial charge >= 0.3 is 0 Å². The van der Waals surface area contributed by atoms with Crippen molar-refractivity contribution < 1.29 is 9.90 Å². The number of Topliss-reactive ketones (excluding diaryl/α,β-unsaturated/α-hetero) is 1. The van der Waals surface area contributed by atoms with Gasteiger partial charge in [0, 0.05) is 0 Å². The van der Waals surface area contributed by atoms with Crippen LogP contribution in [0.5, 0.6) is 5.75 Å². The molecule has 0 atom stereocenters. The van der Waals surface area contributed by atoms with E-state index in [9.17, 15) is 9.90 Å². The van der Waals surface area contributed by atoms with Crippen molar-refractivity contribution in [3.05, 3.63) is 17.2 Å². The second kappa shape index (κ2) is 4.63. The fraction of sp³-hybridized carbons (Fsp3) is 0.417. The lowest BCUT2D eigenvalue weighted by atomic mass is 9.96. The molecule has 1 aliphatic heterocycles. The number of aryl methyl sites for hydroxylation is 1. The number of anilines is 2. The van der Waals surface area contributed by atoms with Crippen molar-refractivity contribution in [2.45, 2.75) is 33.1 Å². The molecule has 1 heterocycles. The molecule has 2 rings (SSSR count). The van der Waals surface area contributed by atoms with E-state index in [1.54, 1.807) is 0 Å². The Kier molecular flexibility index (Phi) is 3.19. The Bertz CT molecular complexity index is 458. The minimum Gasteiger partial charge on any atom is -0.505 e. The number of hydrogen-bond acceptors (Lipinski definition) is 5. The van der Waals surface area contributed by atoms with E-state index in [1.165, 1.54) is 6.92 Å². The molecule has 92 valence electrons. The molecule has 5 heteroatoms. The highest BCUT2D eigenvalue weighted by Gasteiger charge is 2.22. The van der Waals surface area contributed by atoms with Crippen LogP contribution in [0.25, 0.3) is 0 Å². The predicted octanol–water partition coefficient (Wildman–Crippen LogP) is 2.19. The van der Waals surface area contributed by atoms with Crippen LogP contribution in [0.1, 0.15) is 42.6 Å². The molecular formula is C12H17N3O2. The number of phenols is 1. The average Bonchev–Trinajstić information content (AvgIpc) is 2.74. The van der Waals surface area contributed by atoms with E-state index in [4.69, 9.17) is 0 Å². The number of rotatable bonds is 4. The number of hydrazine groups is 2. The summed E-state index contributed by atoms with van der Waals surface area (Å²) in [4.78, 5) is 11.6. The fourth-order valence-corrected chi connectivity index (χ4v) is 2.07. The van der Waals surface area contributed by atoms with Crippen LogP contribution in [0.3, 0.4) is 0 Å². The van der Waals surface area contributed by atoms with Crippen LogP contribution in [0.2, 0.25) is 0 Å². The van der Waals surface area contributed by atoms with Gasteiger partial charge in [-0.1, -0.05) is 13.3 Å². The van der Waals surface area contributed by atoms with E-state index in [0.717, 1.165) is 30.5 Å². The lowest BCUT2D eigenvalue weighted by Crippen LogP contribution is -2.19. The molecule has 0 fully saturated rings. The van der Waals surface area contributed by atoms with Crippen molar-refractivity contribution in [2.75, 3.05) is 10.9 Å². The summed E-state index contributed by atoms with van der Waals surface area (Å²) in [6, 6.07) is 1.91. The first-order chi connectivity index (χ1) is 8.15. The van der Waals surface area contributed by atoms with Gasteiger partial charge in [-0.05, 0) is 31.4 Å². The molecule has 1 aliphatic rings. The van der Waals surface area contributed by atoms with Gasteiger partial charge in [0.1, 0.15) is 5.69 Å². The Morgan fingerprint density at radius 3 is 2.82 bits per heavy atom. The van der Waals surface area contributed by atoms with E-state index in [0.29, 0.717) is 11.3 Å². The molecule has 0 radical (unpaired) electrons. The quantitative estimate of drug-likeness (QED) is 0.475. The van der Waals surface area contributed by atoms with Crippen molar-refractivity contribution in [3.63, 3.8) is 0 Å². The molecule has 5 nitrogen and oxygen atoms in total. The molecule has 1 aromatic rings. The summed E-state index contributed by atoms with van der Waals surface area (Å²) < 4.78 is 0. The minimum atomic E-state index is -0.106. The molecular weight excluding hydrogens is 218 g/mol. The maximum atomic E-state index is 11.6. The summed E-state index contributed by atoms with van der Waals surface area (Å²) in [5, 5.41) is 10.1. The monoisotopic (exact) mass is 235 g/mol. The van der Waals surface area contributed by atoms with Crippen LogP contribution < -0.4 is 16.4 Å². The molecule has 17 heavy (non-hydrogen) atoms. The van der Waals surface area contributed by atoms with E-state index in [1.807, 2.05) is 6.07 Å². The Morgan fingerprint density at radius 1 is 1.41 bits per heavy atom. The van der Waals surface area contributed by atoms with E-state index >= 15 is 0 Å². The van der Waals surface area contributed by atoms with Gasteiger partial charge < -0.3 is 10.5 Å². The Morgan fingerprint density at radius 2 is 2.18 bits per heavy atom. The lowest BCUT2D eigenvalue weighted by Gasteiger charge is -2.12. The van der Waals surface area contributed by atoms with Crippen molar-refractivity contribution >= 4 is 17.2 Å². The highest BCUT2D eigenvalue weighted by atomic mass is 16.3. The number of nitrogens with one attached hydrogen (secondary N) is 3. The Labute approximate surface area is 100 Å². The normalized spacial score (nSPS) is 12.8. The number of ketones is 1. The maximum absolute atomic E-state index is 11.6. The van der Waals surface area contributed by atoms with Gasteiger partial charge in [-0.2, -0.15) is 0 Å². The van der Waals surface area contributed by atoms with Crippen molar-refractivity contribution in [1.29, 1.82) is 0 Å². The van der Waals surface area contributed by atoms with Gasteiger partial charge in [0.05, 0.1) is 11.3 Å². The van der Waals surface area contributed by atoms with Crippen molar-refractivity contribution in [1.82, 2.24) is 5.53 Å². The average molecular weight is 235 g/mol. The van der Waals surface area contributed by atoms with Crippen LogP contribution in [0, 0.1) is 0 Å². The maximum Gasteiger partial charge on any atom is 0.163 e. The summed E-state index contributed by atoms with van der Waals surface area (Å²) in [6.45, 7) is 3.58. The third-order valence-corrected chi connectivity index (χ3v) is 2.92. The summed E-state index contributed by atoms with van der Waals surface area (Å²) in [5.41, 5.74) is 11.0. The molecule has 0 aliphatic carbocycles. The van der Waals surface area contributed by atoms with Crippen LogP contribution >= 0.6 is 0 Å². The van der Waals surface area contributed by atoms with Gasteiger partial charge in [-0.15, -0.1) is 5.53 Å². The molecule has 0 saturated carbocycles. The predicted molar refractivity (Wildman–Crippen MR) is 67.1 cm³/mol. The van der Waals surface area contributed by atoms with E-state index < -0.39 is 0 Å². The van der Waals surface area contributed by atoms with Gasteiger partial charge in [0.25, 0.3) is 0 Å².